The number of nitrogens with one attached hydrogen (secondary N) is 1. The first kappa shape index (κ1) is 13.2. The Morgan fingerprint density at radius 1 is 1.28 bits per heavy atom. The van der Waals surface area contributed by atoms with Gasteiger partial charge in [0.1, 0.15) is 0 Å². The lowest BCUT2D eigenvalue weighted by atomic mass is 10.2. The predicted octanol–water partition coefficient (Wildman–Crippen LogP) is 4.56. The molecule has 2 nitrogen and oxygen atoms in total. The molecule has 0 amide bonds. The van der Waals surface area contributed by atoms with Gasteiger partial charge in [0, 0.05) is 6.54 Å². The van der Waals surface area contributed by atoms with Crippen molar-refractivity contribution in [3.05, 3.63) is 57.3 Å². The van der Waals surface area contributed by atoms with Crippen LogP contribution in [0.5, 0.6) is 5.75 Å². The molecule has 0 aliphatic rings. The highest BCUT2D eigenvalue weighted by molar-refractivity contribution is 9.10. The van der Waals surface area contributed by atoms with Crippen molar-refractivity contribution in [3.63, 3.8) is 0 Å². The standard InChI is InChI=1S/C13H10BrClFNO/c14-13-9(15)2-1-3-11(13)17-7-8-4-5-12(18)10(16)6-8/h1-6,17-18H,7H2. The van der Waals surface area contributed by atoms with Gasteiger partial charge in [0.25, 0.3) is 0 Å². The fourth-order valence-corrected chi connectivity index (χ4v) is 2.08. The molecule has 0 fully saturated rings. The van der Waals surface area contributed by atoms with E-state index in [1.807, 2.05) is 12.1 Å². The summed E-state index contributed by atoms with van der Waals surface area (Å²) in [4.78, 5) is 0. The van der Waals surface area contributed by atoms with Gasteiger partial charge in [-0.15, -0.1) is 0 Å². The Labute approximate surface area is 118 Å². The van der Waals surface area contributed by atoms with Gasteiger partial charge in [-0.2, -0.15) is 0 Å². The Morgan fingerprint density at radius 2 is 2.06 bits per heavy atom. The van der Waals surface area contributed by atoms with Crippen LogP contribution in [0.25, 0.3) is 0 Å². The summed E-state index contributed by atoms with van der Waals surface area (Å²) in [6.45, 7) is 0.441. The molecule has 94 valence electrons. The third-order valence-electron chi connectivity index (χ3n) is 2.45. The van der Waals surface area contributed by atoms with E-state index < -0.39 is 5.82 Å². The van der Waals surface area contributed by atoms with Gasteiger partial charge < -0.3 is 10.4 Å². The molecular weight excluding hydrogens is 321 g/mol. The summed E-state index contributed by atoms with van der Waals surface area (Å²) in [6.07, 6.45) is 0. The molecule has 18 heavy (non-hydrogen) atoms. The highest BCUT2D eigenvalue weighted by atomic mass is 79.9. The highest BCUT2D eigenvalue weighted by Crippen LogP contribution is 2.30. The topological polar surface area (TPSA) is 32.3 Å². The number of anilines is 1. The zero-order chi connectivity index (χ0) is 13.1. The van der Waals surface area contributed by atoms with Crippen LogP contribution in [0.4, 0.5) is 10.1 Å². The van der Waals surface area contributed by atoms with Gasteiger partial charge in [-0.1, -0.05) is 23.7 Å². The second kappa shape index (κ2) is 5.59. The van der Waals surface area contributed by atoms with E-state index in [1.54, 1.807) is 12.1 Å². The molecular formula is C13H10BrClFNO. The third-order valence-corrected chi connectivity index (χ3v) is 3.84. The van der Waals surface area contributed by atoms with Gasteiger partial charge in [0.15, 0.2) is 11.6 Å². The summed E-state index contributed by atoms with van der Waals surface area (Å²) < 4.78 is 13.9. The predicted molar refractivity (Wildman–Crippen MR) is 74.5 cm³/mol. The third kappa shape index (κ3) is 2.94. The smallest absolute Gasteiger partial charge is 0.165 e. The van der Waals surface area contributed by atoms with Gasteiger partial charge in [-0.25, -0.2) is 4.39 Å². The second-order valence-electron chi connectivity index (χ2n) is 3.74. The average molecular weight is 331 g/mol. The number of aromatic hydroxyl groups is 1. The van der Waals surface area contributed by atoms with E-state index >= 15 is 0 Å². The van der Waals surface area contributed by atoms with Crippen molar-refractivity contribution >= 4 is 33.2 Å². The Kier molecular flexibility index (Phi) is 4.09. The first-order valence-corrected chi connectivity index (χ1v) is 6.40. The molecule has 2 rings (SSSR count). The van der Waals surface area contributed by atoms with E-state index in [0.29, 0.717) is 11.6 Å². The van der Waals surface area contributed by atoms with Crippen LogP contribution in [-0.4, -0.2) is 5.11 Å². The number of hydrogen-bond donors (Lipinski definition) is 2. The van der Waals surface area contributed by atoms with Gasteiger partial charge in [0.2, 0.25) is 0 Å². The molecule has 0 bridgehead atoms. The summed E-state index contributed by atoms with van der Waals surface area (Å²) >= 11 is 9.33. The van der Waals surface area contributed by atoms with E-state index in [2.05, 4.69) is 21.2 Å². The number of benzene rings is 2. The largest absolute Gasteiger partial charge is 0.505 e. The maximum Gasteiger partial charge on any atom is 0.165 e. The van der Waals surface area contributed by atoms with Gasteiger partial charge >= 0.3 is 0 Å². The molecule has 2 aromatic rings. The zero-order valence-corrected chi connectivity index (χ0v) is 11.6. The van der Waals surface area contributed by atoms with Gasteiger partial charge in [-0.3, -0.25) is 0 Å². The minimum absolute atomic E-state index is 0.345. The fourth-order valence-electron chi connectivity index (χ4n) is 1.50. The summed E-state index contributed by atoms with van der Waals surface area (Å²) in [5, 5.41) is 12.8. The maximum absolute atomic E-state index is 13.1. The second-order valence-corrected chi connectivity index (χ2v) is 4.94. The Morgan fingerprint density at radius 3 is 2.78 bits per heavy atom. The first-order chi connectivity index (χ1) is 8.58. The Hall–Kier alpha value is -1.26. The van der Waals surface area contributed by atoms with Crippen molar-refractivity contribution in [2.75, 3.05) is 5.32 Å². The number of halogens is 3. The number of hydrogen-bond acceptors (Lipinski definition) is 2. The monoisotopic (exact) mass is 329 g/mol. The van der Waals surface area contributed by atoms with E-state index in [-0.39, 0.29) is 5.75 Å². The molecule has 0 heterocycles. The van der Waals surface area contributed by atoms with Crippen LogP contribution in [0.3, 0.4) is 0 Å². The lowest BCUT2D eigenvalue weighted by molar-refractivity contribution is 0.432. The van der Waals surface area contributed by atoms with Crippen molar-refractivity contribution in [1.29, 1.82) is 0 Å². The Balaban J connectivity index is 2.11. The SMILES string of the molecule is Oc1ccc(CNc2cccc(Cl)c2Br)cc1F. The first-order valence-electron chi connectivity index (χ1n) is 5.23. The number of phenols is 1. The molecule has 0 radical (unpaired) electrons. The Bertz CT molecular complexity index is 577. The van der Waals surface area contributed by atoms with Crippen molar-refractivity contribution < 1.29 is 9.50 Å². The normalized spacial score (nSPS) is 10.4. The molecule has 0 aliphatic heterocycles. The van der Waals surface area contributed by atoms with Crippen LogP contribution in [0.1, 0.15) is 5.56 Å². The van der Waals surface area contributed by atoms with Crippen molar-refractivity contribution in [3.8, 4) is 5.75 Å². The molecule has 2 N–H and O–H groups in total. The van der Waals surface area contributed by atoms with Crippen LogP contribution < -0.4 is 5.32 Å². The van der Waals surface area contributed by atoms with E-state index in [4.69, 9.17) is 16.7 Å². The summed E-state index contributed by atoms with van der Waals surface area (Å²) in [5.74, 6) is -0.970. The van der Waals surface area contributed by atoms with E-state index in [9.17, 15) is 4.39 Å². The maximum atomic E-state index is 13.1. The summed E-state index contributed by atoms with van der Waals surface area (Å²) in [5.41, 5.74) is 1.56. The summed E-state index contributed by atoms with van der Waals surface area (Å²) in [6, 6.07) is 9.75. The van der Waals surface area contributed by atoms with E-state index in [0.717, 1.165) is 15.7 Å². The minimum atomic E-state index is -0.626. The van der Waals surface area contributed by atoms with Crippen LogP contribution in [0.2, 0.25) is 5.02 Å². The average Bonchev–Trinajstić information content (AvgIpc) is 2.35. The molecule has 0 aliphatic carbocycles. The zero-order valence-electron chi connectivity index (χ0n) is 9.25. The molecule has 0 saturated heterocycles. The van der Waals surface area contributed by atoms with Crippen LogP contribution in [0.15, 0.2) is 40.9 Å². The quantitative estimate of drug-likeness (QED) is 0.864. The lowest BCUT2D eigenvalue weighted by Gasteiger charge is -2.10. The minimum Gasteiger partial charge on any atom is -0.505 e. The van der Waals surface area contributed by atoms with Gasteiger partial charge in [-0.05, 0) is 45.8 Å². The molecule has 0 aromatic heterocycles. The van der Waals surface area contributed by atoms with E-state index in [1.165, 1.54) is 12.1 Å². The van der Waals surface area contributed by atoms with Crippen LogP contribution in [-0.2, 0) is 6.54 Å². The van der Waals surface area contributed by atoms with Crippen LogP contribution >= 0.6 is 27.5 Å². The molecule has 0 unspecified atom stereocenters. The summed E-state index contributed by atoms with van der Waals surface area (Å²) in [7, 11) is 0. The van der Waals surface area contributed by atoms with Crippen molar-refractivity contribution in [2.45, 2.75) is 6.54 Å². The van der Waals surface area contributed by atoms with Crippen molar-refractivity contribution in [1.82, 2.24) is 0 Å². The lowest BCUT2D eigenvalue weighted by Crippen LogP contribution is -2.00. The van der Waals surface area contributed by atoms with Crippen LogP contribution in [0, 0.1) is 5.82 Å². The number of rotatable bonds is 3. The molecule has 0 spiro atoms. The molecule has 0 saturated carbocycles. The molecule has 2 aromatic carbocycles. The molecule has 5 heteroatoms. The number of phenolic OH excluding ortho intramolecular Hbond substituents is 1. The van der Waals surface area contributed by atoms with Gasteiger partial charge in [0.05, 0.1) is 15.2 Å². The molecule has 0 atom stereocenters. The highest BCUT2D eigenvalue weighted by Gasteiger charge is 2.05. The fraction of sp³-hybridized carbons (Fsp3) is 0.0769. The van der Waals surface area contributed by atoms with Crippen molar-refractivity contribution in [2.24, 2.45) is 0 Å².